The molecule has 2 N–H and O–H groups in total. The Labute approximate surface area is 99.3 Å². The molecule has 2 heterocycles. The summed E-state index contributed by atoms with van der Waals surface area (Å²) in [5.41, 5.74) is 5.97. The van der Waals surface area contributed by atoms with Crippen LogP contribution in [0.2, 0.25) is 0 Å². The smallest absolute Gasteiger partial charge is 0.0576 e. The molecule has 0 aromatic heterocycles. The molecule has 2 saturated heterocycles. The summed E-state index contributed by atoms with van der Waals surface area (Å²) in [4.78, 5) is 2.60. The molecule has 2 aliphatic heterocycles. The molecule has 0 radical (unpaired) electrons. The van der Waals surface area contributed by atoms with Crippen LogP contribution in [0.4, 0.5) is 0 Å². The zero-order chi connectivity index (χ0) is 11.4. The first kappa shape index (κ1) is 12.3. The molecule has 0 aromatic carbocycles. The molecular weight excluding hydrogens is 200 g/mol. The molecule has 16 heavy (non-hydrogen) atoms. The Balaban J connectivity index is 1.61. The lowest BCUT2D eigenvalue weighted by atomic mass is 9.98. The van der Waals surface area contributed by atoms with Crippen LogP contribution < -0.4 is 5.73 Å². The molecular formula is C13H26N2O. The van der Waals surface area contributed by atoms with E-state index < -0.39 is 0 Å². The second kappa shape index (κ2) is 5.99. The lowest BCUT2D eigenvalue weighted by Gasteiger charge is -2.36. The molecule has 0 aliphatic carbocycles. The molecule has 2 rings (SSSR count). The van der Waals surface area contributed by atoms with Gasteiger partial charge in [0.05, 0.1) is 6.10 Å². The van der Waals surface area contributed by atoms with Gasteiger partial charge in [-0.3, -0.25) is 0 Å². The molecule has 2 fully saturated rings. The summed E-state index contributed by atoms with van der Waals surface area (Å²) in [7, 11) is 0. The average Bonchev–Trinajstić information content (AvgIpc) is 2.74. The predicted octanol–water partition coefficient (Wildman–Crippen LogP) is 1.76. The van der Waals surface area contributed by atoms with Crippen molar-refractivity contribution < 1.29 is 4.74 Å². The molecule has 3 atom stereocenters. The lowest BCUT2D eigenvalue weighted by Crippen LogP contribution is -2.45. The van der Waals surface area contributed by atoms with Gasteiger partial charge in [-0.05, 0) is 58.5 Å². The van der Waals surface area contributed by atoms with Gasteiger partial charge in [0.2, 0.25) is 0 Å². The number of likely N-dealkylation sites (tertiary alicyclic amines) is 1. The molecule has 3 nitrogen and oxygen atoms in total. The van der Waals surface area contributed by atoms with Crippen LogP contribution in [0, 0.1) is 0 Å². The Kier molecular flexibility index (Phi) is 4.62. The molecule has 0 saturated carbocycles. The van der Waals surface area contributed by atoms with Gasteiger partial charge in [0.25, 0.3) is 0 Å². The molecule has 0 amide bonds. The zero-order valence-electron chi connectivity index (χ0n) is 10.5. The second-order valence-electron chi connectivity index (χ2n) is 5.45. The number of nitrogens with zero attached hydrogens (tertiary/aromatic N) is 1. The van der Waals surface area contributed by atoms with E-state index >= 15 is 0 Å². The Hall–Kier alpha value is -0.120. The first-order valence-electron chi connectivity index (χ1n) is 6.87. The largest absolute Gasteiger partial charge is 0.378 e. The standard InChI is InChI=1S/C13H26N2O/c1-11-10-12(14)6-8-15(11)7-2-4-13-5-3-9-16-13/h11-13H,2-10,14H2,1H3. The van der Waals surface area contributed by atoms with Crippen molar-refractivity contribution in [2.75, 3.05) is 19.7 Å². The summed E-state index contributed by atoms with van der Waals surface area (Å²) in [6.45, 7) is 5.71. The fourth-order valence-corrected chi connectivity index (χ4v) is 2.98. The number of rotatable bonds is 4. The minimum atomic E-state index is 0.435. The highest BCUT2D eigenvalue weighted by Crippen LogP contribution is 2.19. The van der Waals surface area contributed by atoms with Gasteiger partial charge in [-0.1, -0.05) is 0 Å². The maximum Gasteiger partial charge on any atom is 0.0576 e. The van der Waals surface area contributed by atoms with E-state index in [-0.39, 0.29) is 0 Å². The second-order valence-corrected chi connectivity index (χ2v) is 5.45. The van der Waals surface area contributed by atoms with Gasteiger partial charge in [-0.2, -0.15) is 0 Å². The first-order valence-corrected chi connectivity index (χ1v) is 6.87. The van der Waals surface area contributed by atoms with Crippen molar-refractivity contribution in [3.63, 3.8) is 0 Å². The highest BCUT2D eigenvalue weighted by atomic mass is 16.5. The van der Waals surface area contributed by atoms with Crippen molar-refractivity contribution in [2.45, 2.75) is 63.6 Å². The van der Waals surface area contributed by atoms with Crippen molar-refractivity contribution >= 4 is 0 Å². The fraction of sp³-hybridized carbons (Fsp3) is 1.00. The van der Waals surface area contributed by atoms with E-state index in [2.05, 4.69) is 11.8 Å². The van der Waals surface area contributed by atoms with Crippen molar-refractivity contribution in [1.29, 1.82) is 0 Å². The number of hydrogen-bond acceptors (Lipinski definition) is 3. The third-order valence-corrected chi connectivity index (χ3v) is 4.05. The molecule has 3 heteroatoms. The Morgan fingerprint density at radius 3 is 2.94 bits per heavy atom. The summed E-state index contributed by atoms with van der Waals surface area (Å²) >= 11 is 0. The van der Waals surface area contributed by atoms with Crippen LogP contribution in [0.25, 0.3) is 0 Å². The van der Waals surface area contributed by atoms with E-state index in [9.17, 15) is 0 Å². The van der Waals surface area contributed by atoms with E-state index in [0.717, 1.165) is 6.61 Å². The van der Waals surface area contributed by atoms with Crippen LogP contribution in [-0.4, -0.2) is 42.8 Å². The molecule has 0 bridgehead atoms. The van der Waals surface area contributed by atoms with Crippen LogP contribution >= 0.6 is 0 Å². The minimum Gasteiger partial charge on any atom is -0.378 e. The van der Waals surface area contributed by atoms with Crippen LogP contribution in [-0.2, 0) is 4.74 Å². The Morgan fingerprint density at radius 2 is 2.25 bits per heavy atom. The van der Waals surface area contributed by atoms with Crippen molar-refractivity contribution in [1.82, 2.24) is 4.90 Å². The third-order valence-electron chi connectivity index (χ3n) is 4.05. The highest BCUT2D eigenvalue weighted by molar-refractivity contribution is 4.80. The minimum absolute atomic E-state index is 0.435. The number of nitrogens with two attached hydrogens (primary N) is 1. The van der Waals surface area contributed by atoms with Gasteiger partial charge in [0, 0.05) is 18.7 Å². The van der Waals surface area contributed by atoms with Crippen molar-refractivity contribution in [3.05, 3.63) is 0 Å². The zero-order valence-corrected chi connectivity index (χ0v) is 10.5. The van der Waals surface area contributed by atoms with Gasteiger partial charge >= 0.3 is 0 Å². The number of piperidine rings is 1. The fourth-order valence-electron chi connectivity index (χ4n) is 2.98. The SMILES string of the molecule is CC1CC(N)CCN1CCCC1CCCO1. The van der Waals surface area contributed by atoms with Crippen LogP contribution in [0.5, 0.6) is 0 Å². The highest BCUT2D eigenvalue weighted by Gasteiger charge is 2.23. The maximum atomic E-state index is 5.97. The average molecular weight is 226 g/mol. The van der Waals surface area contributed by atoms with Crippen LogP contribution in [0.15, 0.2) is 0 Å². The normalized spacial score (nSPS) is 36.8. The molecule has 3 unspecified atom stereocenters. The first-order chi connectivity index (χ1) is 7.75. The maximum absolute atomic E-state index is 5.97. The van der Waals surface area contributed by atoms with Gasteiger partial charge < -0.3 is 15.4 Å². The summed E-state index contributed by atoms with van der Waals surface area (Å²) in [5, 5.41) is 0. The van der Waals surface area contributed by atoms with E-state index in [0.29, 0.717) is 18.2 Å². The quantitative estimate of drug-likeness (QED) is 0.794. The molecule has 94 valence electrons. The Morgan fingerprint density at radius 1 is 1.38 bits per heavy atom. The van der Waals surface area contributed by atoms with E-state index in [4.69, 9.17) is 10.5 Å². The summed E-state index contributed by atoms with van der Waals surface area (Å²) in [6, 6.07) is 1.11. The summed E-state index contributed by atoms with van der Waals surface area (Å²) in [5.74, 6) is 0. The van der Waals surface area contributed by atoms with E-state index in [1.54, 1.807) is 0 Å². The lowest BCUT2D eigenvalue weighted by molar-refractivity contribution is 0.0913. The van der Waals surface area contributed by atoms with Crippen molar-refractivity contribution in [3.8, 4) is 0 Å². The monoisotopic (exact) mass is 226 g/mol. The molecule has 0 spiro atoms. The van der Waals surface area contributed by atoms with Crippen LogP contribution in [0.1, 0.15) is 45.4 Å². The van der Waals surface area contributed by atoms with Crippen LogP contribution in [0.3, 0.4) is 0 Å². The van der Waals surface area contributed by atoms with Gasteiger partial charge in [0.1, 0.15) is 0 Å². The number of hydrogen-bond donors (Lipinski definition) is 1. The summed E-state index contributed by atoms with van der Waals surface area (Å²) in [6.07, 6.45) is 7.96. The number of ether oxygens (including phenoxy) is 1. The van der Waals surface area contributed by atoms with E-state index in [1.165, 1.54) is 51.6 Å². The third kappa shape index (κ3) is 3.44. The topological polar surface area (TPSA) is 38.5 Å². The van der Waals surface area contributed by atoms with Crippen molar-refractivity contribution in [2.24, 2.45) is 5.73 Å². The van der Waals surface area contributed by atoms with Gasteiger partial charge in [-0.25, -0.2) is 0 Å². The molecule has 2 aliphatic rings. The molecule has 0 aromatic rings. The van der Waals surface area contributed by atoms with E-state index in [1.807, 2.05) is 0 Å². The van der Waals surface area contributed by atoms with Gasteiger partial charge in [0.15, 0.2) is 0 Å². The van der Waals surface area contributed by atoms with Gasteiger partial charge in [-0.15, -0.1) is 0 Å². The summed E-state index contributed by atoms with van der Waals surface area (Å²) < 4.78 is 5.65. The Bertz CT molecular complexity index is 204. The predicted molar refractivity (Wildman–Crippen MR) is 66.5 cm³/mol.